The van der Waals surface area contributed by atoms with Crippen molar-refractivity contribution in [2.45, 2.75) is 39.4 Å². The molecule has 1 saturated heterocycles. The summed E-state index contributed by atoms with van der Waals surface area (Å²) < 4.78 is 1.92. The maximum absolute atomic E-state index is 4.23. The molecule has 1 aliphatic heterocycles. The Balaban J connectivity index is 1.69. The molecule has 0 aromatic carbocycles. The molecule has 1 N–H and O–H groups in total. The molecule has 2 aromatic rings. The van der Waals surface area contributed by atoms with Crippen LogP contribution in [0.2, 0.25) is 0 Å². The Kier molecular flexibility index (Phi) is 5.65. The van der Waals surface area contributed by atoms with Crippen molar-refractivity contribution in [3.8, 4) is 0 Å². The van der Waals surface area contributed by atoms with E-state index in [4.69, 9.17) is 0 Å². The molecule has 3 heterocycles. The SMILES string of the molecule is CCCn1nnnc1CN(Cc1cccnc1)C[C@H]1CCNC1. The van der Waals surface area contributed by atoms with Crippen LogP contribution in [0.1, 0.15) is 31.2 Å². The first-order valence-electron chi connectivity index (χ1n) is 8.42. The molecule has 0 bridgehead atoms. The average Bonchev–Trinajstić information content (AvgIpc) is 3.21. The zero-order chi connectivity index (χ0) is 15.9. The Morgan fingerprint density at radius 2 is 2.35 bits per heavy atom. The molecule has 0 radical (unpaired) electrons. The Morgan fingerprint density at radius 3 is 3.09 bits per heavy atom. The summed E-state index contributed by atoms with van der Waals surface area (Å²) in [5.41, 5.74) is 1.23. The highest BCUT2D eigenvalue weighted by atomic mass is 15.5. The molecule has 1 fully saturated rings. The van der Waals surface area contributed by atoms with Gasteiger partial charge in [-0.1, -0.05) is 13.0 Å². The highest BCUT2D eigenvalue weighted by Gasteiger charge is 2.20. The molecule has 0 amide bonds. The number of hydrogen-bond donors (Lipinski definition) is 1. The molecular formula is C16H25N7. The van der Waals surface area contributed by atoms with Crippen LogP contribution in [0.25, 0.3) is 0 Å². The minimum Gasteiger partial charge on any atom is -0.316 e. The van der Waals surface area contributed by atoms with E-state index in [0.717, 1.165) is 51.5 Å². The fourth-order valence-corrected chi connectivity index (χ4v) is 3.09. The molecule has 7 heteroatoms. The maximum Gasteiger partial charge on any atom is 0.165 e. The first-order valence-corrected chi connectivity index (χ1v) is 8.42. The highest BCUT2D eigenvalue weighted by molar-refractivity contribution is 5.08. The molecule has 2 aromatic heterocycles. The molecule has 7 nitrogen and oxygen atoms in total. The van der Waals surface area contributed by atoms with E-state index in [9.17, 15) is 0 Å². The van der Waals surface area contributed by atoms with Crippen LogP contribution < -0.4 is 5.32 Å². The Morgan fingerprint density at radius 1 is 1.39 bits per heavy atom. The first-order chi connectivity index (χ1) is 11.3. The predicted octanol–water partition coefficient (Wildman–Crippen LogP) is 1.09. The van der Waals surface area contributed by atoms with Crippen LogP contribution in [0.4, 0.5) is 0 Å². The molecule has 0 aliphatic carbocycles. The lowest BCUT2D eigenvalue weighted by molar-refractivity contribution is 0.211. The molecule has 124 valence electrons. The van der Waals surface area contributed by atoms with Crippen LogP contribution in [0.3, 0.4) is 0 Å². The normalized spacial score (nSPS) is 17.9. The third kappa shape index (κ3) is 4.56. The van der Waals surface area contributed by atoms with Crippen molar-refractivity contribution in [2.24, 2.45) is 5.92 Å². The minimum atomic E-state index is 0.696. The van der Waals surface area contributed by atoms with E-state index in [2.05, 4.69) is 43.7 Å². The van der Waals surface area contributed by atoms with Gasteiger partial charge in [-0.2, -0.15) is 0 Å². The van der Waals surface area contributed by atoms with Crippen molar-refractivity contribution < 1.29 is 0 Å². The van der Waals surface area contributed by atoms with Gasteiger partial charge in [-0.05, 0) is 53.9 Å². The number of pyridine rings is 1. The summed E-state index contributed by atoms with van der Waals surface area (Å²) in [7, 11) is 0. The average molecular weight is 315 g/mol. The fraction of sp³-hybridized carbons (Fsp3) is 0.625. The minimum absolute atomic E-state index is 0.696. The predicted molar refractivity (Wildman–Crippen MR) is 87.4 cm³/mol. The van der Waals surface area contributed by atoms with E-state index < -0.39 is 0 Å². The second-order valence-electron chi connectivity index (χ2n) is 6.21. The van der Waals surface area contributed by atoms with Crippen molar-refractivity contribution in [3.05, 3.63) is 35.9 Å². The van der Waals surface area contributed by atoms with Gasteiger partial charge in [-0.25, -0.2) is 4.68 Å². The van der Waals surface area contributed by atoms with Gasteiger partial charge in [0, 0.05) is 32.0 Å². The number of aromatic nitrogens is 5. The van der Waals surface area contributed by atoms with Crippen LogP contribution in [0.15, 0.2) is 24.5 Å². The van der Waals surface area contributed by atoms with Gasteiger partial charge < -0.3 is 5.32 Å². The van der Waals surface area contributed by atoms with Crippen LogP contribution in [-0.2, 0) is 19.6 Å². The lowest BCUT2D eigenvalue weighted by atomic mass is 10.1. The molecule has 0 unspecified atom stereocenters. The van der Waals surface area contributed by atoms with Crippen molar-refractivity contribution in [2.75, 3.05) is 19.6 Å². The second kappa shape index (κ2) is 8.12. The lowest BCUT2D eigenvalue weighted by Gasteiger charge is -2.24. The van der Waals surface area contributed by atoms with Gasteiger partial charge in [-0.3, -0.25) is 9.88 Å². The largest absolute Gasteiger partial charge is 0.316 e. The fourth-order valence-electron chi connectivity index (χ4n) is 3.09. The number of aryl methyl sites for hydroxylation is 1. The topological polar surface area (TPSA) is 71.8 Å². The second-order valence-corrected chi connectivity index (χ2v) is 6.21. The van der Waals surface area contributed by atoms with Crippen LogP contribution in [0.5, 0.6) is 0 Å². The van der Waals surface area contributed by atoms with Gasteiger partial charge in [0.25, 0.3) is 0 Å². The van der Waals surface area contributed by atoms with Gasteiger partial charge in [0.05, 0.1) is 6.54 Å². The third-order valence-corrected chi connectivity index (χ3v) is 4.21. The summed E-state index contributed by atoms with van der Waals surface area (Å²) in [6.07, 6.45) is 6.03. The molecule has 1 aliphatic rings. The van der Waals surface area contributed by atoms with Gasteiger partial charge >= 0.3 is 0 Å². The number of rotatable bonds is 8. The summed E-state index contributed by atoms with van der Waals surface area (Å²) in [5.74, 6) is 1.64. The molecule has 23 heavy (non-hydrogen) atoms. The van der Waals surface area contributed by atoms with Gasteiger partial charge in [0.1, 0.15) is 0 Å². The summed E-state index contributed by atoms with van der Waals surface area (Å²) >= 11 is 0. The number of tetrazole rings is 1. The van der Waals surface area contributed by atoms with E-state index in [1.165, 1.54) is 12.0 Å². The zero-order valence-electron chi connectivity index (χ0n) is 13.7. The quantitative estimate of drug-likeness (QED) is 0.786. The molecule has 1 atom stereocenters. The van der Waals surface area contributed by atoms with Crippen LogP contribution in [0, 0.1) is 5.92 Å². The van der Waals surface area contributed by atoms with E-state index in [1.807, 2.05) is 23.1 Å². The summed E-state index contributed by atoms with van der Waals surface area (Å²) in [4.78, 5) is 6.67. The molecule has 0 spiro atoms. The van der Waals surface area contributed by atoms with E-state index in [-0.39, 0.29) is 0 Å². The third-order valence-electron chi connectivity index (χ3n) is 4.21. The Hall–Kier alpha value is -1.86. The zero-order valence-corrected chi connectivity index (χ0v) is 13.7. The van der Waals surface area contributed by atoms with E-state index in [0.29, 0.717) is 5.92 Å². The summed E-state index contributed by atoms with van der Waals surface area (Å²) in [6.45, 7) is 7.95. The Labute approximate surface area is 137 Å². The number of nitrogens with zero attached hydrogens (tertiary/aromatic N) is 6. The molecule has 0 saturated carbocycles. The smallest absolute Gasteiger partial charge is 0.165 e. The standard InChI is InChI=1S/C16H25N7/c1-2-8-23-16(19-20-21-23)13-22(12-15-5-7-18-10-15)11-14-4-3-6-17-9-14/h3-4,6,9,15,18H,2,5,7-8,10-13H2,1H3/t15-/m0/s1. The lowest BCUT2D eigenvalue weighted by Crippen LogP contribution is -2.31. The van der Waals surface area contributed by atoms with E-state index in [1.54, 1.807) is 0 Å². The Bertz CT molecular complexity index is 577. The number of hydrogen-bond acceptors (Lipinski definition) is 6. The molecule has 3 rings (SSSR count). The van der Waals surface area contributed by atoms with Crippen LogP contribution >= 0.6 is 0 Å². The maximum atomic E-state index is 4.23. The number of nitrogens with one attached hydrogen (secondary N) is 1. The van der Waals surface area contributed by atoms with Crippen molar-refractivity contribution >= 4 is 0 Å². The summed E-state index contributed by atoms with van der Waals surface area (Å²) in [6, 6.07) is 4.12. The van der Waals surface area contributed by atoms with Crippen molar-refractivity contribution in [3.63, 3.8) is 0 Å². The monoisotopic (exact) mass is 315 g/mol. The van der Waals surface area contributed by atoms with Crippen molar-refractivity contribution in [1.82, 2.24) is 35.4 Å². The molecular weight excluding hydrogens is 290 g/mol. The van der Waals surface area contributed by atoms with Crippen LogP contribution in [-0.4, -0.2) is 49.7 Å². The van der Waals surface area contributed by atoms with Gasteiger partial charge in [0.2, 0.25) is 0 Å². The van der Waals surface area contributed by atoms with E-state index >= 15 is 0 Å². The first kappa shape index (κ1) is 16.0. The summed E-state index contributed by atoms with van der Waals surface area (Å²) in [5, 5.41) is 15.6. The highest BCUT2D eigenvalue weighted by Crippen LogP contribution is 2.14. The van der Waals surface area contributed by atoms with Gasteiger partial charge in [0.15, 0.2) is 5.82 Å². The van der Waals surface area contributed by atoms with Gasteiger partial charge in [-0.15, -0.1) is 5.10 Å². The van der Waals surface area contributed by atoms with Crippen molar-refractivity contribution in [1.29, 1.82) is 0 Å².